The molecule has 0 aromatic heterocycles. The van der Waals surface area contributed by atoms with E-state index in [9.17, 15) is 15.3 Å². The predicted octanol–water partition coefficient (Wildman–Crippen LogP) is 3.59. The SMILES string of the molecule is CC(C)c1ccc(-c2ccc(O)c(O)c2O)cc1. The Morgan fingerprint density at radius 2 is 1.39 bits per heavy atom. The van der Waals surface area contributed by atoms with E-state index < -0.39 is 5.75 Å². The molecule has 0 fully saturated rings. The fraction of sp³-hybridized carbons (Fsp3) is 0.200. The summed E-state index contributed by atoms with van der Waals surface area (Å²) in [6, 6.07) is 10.7. The highest BCUT2D eigenvalue weighted by atomic mass is 16.3. The zero-order chi connectivity index (χ0) is 13.3. The van der Waals surface area contributed by atoms with Gasteiger partial charge in [0.25, 0.3) is 0 Å². The second-order valence-corrected chi connectivity index (χ2v) is 4.61. The minimum Gasteiger partial charge on any atom is -0.504 e. The Morgan fingerprint density at radius 1 is 0.778 bits per heavy atom. The van der Waals surface area contributed by atoms with Gasteiger partial charge in [0, 0.05) is 5.56 Å². The van der Waals surface area contributed by atoms with Crippen LogP contribution in [0.15, 0.2) is 36.4 Å². The van der Waals surface area contributed by atoms with E-state index in [1.807, 2.05) is 24.3 Å². The summed E-state index contributed by atoms with van der Waals surface area (Å²) in [6.45, 7) is 4.22. The Balaban J connectivity index is 2.46. The molecule has 3 N–H and O–H groups in total. The van der Waals surface area contributed by atoms with E-state index in [0.717, 1.165) is 5.56 Å². The molecule has 0 radical (unpaired) electrons. The van der Waals surface area contributed by atoms with E-state index in [2.05, 4.69) is 13.8 Å². The van der Waals surface area contributed by atoms with Crippen molar-refractivity contribution in [3.8, 4) is 28.4 Å². The highest BCUT2D eigenvalue weighted by molar-refractivity contribution is 5.75. The molecule has 2 rings (SSSR count). The molecule has 2 aromatic rings. The quantitative estimate of drug-likeness (QED) is 0.707. The maximum Gasteiger partial charge on any atom is 0.200 e. The third kappa shape index (κ3) is 2.12. The Labute approximate surface area is 106 Å². The lowest BCUT2D eigenvalue weighted by molar-refractivity contribution is 0.369. The Bertz CT molecular complexity index is 557. The number of benzene rings is 2. The van der Waals surface area contributed by atoms with E-state index in [0.29, 0.717) is 11.5 Å². The van der Waals surface area contributed by atoms with Crippen LogP contribution >= 0.6 is 0 Å². The van der Waals surface area contributed by atoms with Gasteiger partial charge in [0.1, 0.15) is 0 Å². The molecule has 3 heteroatoms. The van der Waals surface area contributed by atoms with Crippen molar-refractivity contribution in [2.24, 2.45) is 0 Å². The van der Waals surface area contributed by atoms with Gasteiger partial charge >= 0.3 is 0 Å². The van der Waals surface area contributed by atoms with Crippen LogP contribution in [0.25, 0.3) is 11.1 Å². The maximum absolute atomic E-state index is 9.80. The second kappa shape index (κ2) is 4.61. The van der Waals surface area contributed by atoms with Gasteiger partial charge in [-0.05, 0) is 29.2 Å². The Kier molecular flexibility index (Phi) is 3.15. The number of rotatable bonds is 2. The molecule has 0 amide bonds. The van der Waals surface area contributed by atoms with Gasteiger partial charge in [0.15, 0.2) is 11.5 Å². The van der Waals surface area contributed by atoms with Crippen LogP contribution in [0.2, 0.25) is 0 Å². The number of hydrogen-bond acceptors (Lipinski definition) is 3. The van der Waals surface area contributed by atoms with Crippen LogP contribution in [0.5, 0.6) is 17.2 Å². The number of phenols is 3. The molecular weight excluding hydrogens is 228 g/mol. The second-order valence-electron chi connectivity index (χ2n) is 4.61. The smallest absolute Gasteiger partial charge is 0.200 e. The van der Waals surface area contributed by atoms with Gasteiger partial charge in [-0.15, -0.1) is 0 Å². The molecule has 0 aliphatic rings. The molecule has 0 saturated heterocycles. The van der Waals surface area contributed by atoms with Crippen molar-refractivity contribution >= 4 is 0 Å². The van der Waals surface area contributed by atoms with Crippen molar-refractivity contribution in [3.05, 3.63) is 42.0 Å². The Morgan fingerprint density at radius 3 is 1.94 bits per heavy atom. The lowest BCUT2D eigenvalue weighted by atomic mass is 9.98. The van der Waals surface area contributed by atoms with Crippen LogP contribution in [-0.2, 0) is 0 Å². The molecule has 0 spiro atoms. The third-order valence-corrected chi connectivity index (χ3v) is 3.02. The number of hydrogen-bond donors (Lipinski definition) is 3. The van der Waals surface area contributed by atoms with E-state index in [1.165, 1.54) is 11.6 Å². The highest BCUT2D eigenvalue weighted by Crippen LogP contribution is 2.42. The van der Waals surface area contributed by atoms with Crippen LogP contribution in [0, 0.1) is 0 Å². The van der Waals surface area contributed by atoms with Crippen molar-refractivity contribution in [1.29, 1.82) is 0 Å². The van der Waals surface area contributed by atoms with Crippen LogP contribution in [0.4, 0.5) is 0 Å². The zero-order valence-corrected chi connectivity index (χ0v) is 10.4. The fourth-order valence-electron chi connectivity index (χ4n) is 1.85. The van der Waals surface area contributed by atoms with Gasteiger partial charge in [-0.1, -0.05) is 38.1 Å². The largest absolute Gasteiger partial charge is 0.504 e. The standard InChI is InChI=1S/C15H16O3/c1-9(2)10-3-5-11(6-4-10)12-7-8-13(16)15(18)14(12)17/h3-9,16-18H,1-2H3. The normalized spacial score (nSPS) is 10.8. The van der Waals surface area contributed by atoms with Gasteiger partial charge in [0.05, 0.1) is 0 Å². The lowest BCUT2D eigenvalue weighted by Crippen LogP contribution is -1.87. The van der Waals surface area contributed by atoms with Crippen molar-refractivity contribution in [2.75, 3.05) is 0 Å². The molecule has 0 bridgehead atoms. The molecule has 0 atom stereocenters. The average molecular weight is 244 g/mol. The highest BCUT2D eigenvalue weighted by Gasteiger charge is 2.12. The monoisotopic (exact) mass is 244 g/mol. The van der Waals surface area contributed by atoms with Gasteiger partial charge in [-0.2, -0.15) is 0 Å². The average Bonchev–Trinajstić information content (AvgIpc) is 2.36. The molecular formula is C15H16O3. The van der Waals surface area contributed by atoms with Crippen LogP contribution in [-0.4, -0.2) is 15.3 Å². The third-order valence-electron chi connectivity index (χ3n) is 3.02. The fourth-order valence-corrected chi connectivity index (χ4v) is 1.85. The van der Waals surface area contributed by atoms with Crippen LogP contribution < -0.4 is 0 Å². The van der Waals surface area contributed by atoms with Gasteiger partial charge in [0.2, 0.25) is 5.75 Å². The lowest BCUT2D eigenvalue weighted by Gasteiger charge is -2.10. The zero-order valence-electron chi connectivity index (χ0n) is 10.4. The number of aromatic hydroxyl groups is 3. The van der Waals surface area contributed by atoms with Crippen molar-refractivity contribution < 1.29 is 15.3 Å². The molecule has 2 aromatic carbocycles. The summed E-state index contributed by atoms with van der Waals surface area (Å²) in [7, 11) is 0. The molecule has 0 unspecified atom stereocenters. The molecule has 0 aliphatic heterocycles. The minimum absolute atomic E-state index is 0.299. The first-order valence-corrected chi connectivity index (χ1v) is 5.85. The minimum atomic E-state index is -0.486. The molecule has 0 heterocycles. The van der Waals surface area contributed by atoms with E-state index in [1.54, 1.807) is 6.07 Å². The number of phenolic OH excluding ortho intramolecular Hbond substituents is 3. The molecule has 3 nitrogen and oxygen atoms in total. The topological polar surface area (TPSA) is 60.7 Å². The molecule has 0 aliphatic carbocycles. The predicted molar refractivity (Wildman–Crippen MR) is 71.0 cm³/mol. The molecule has 18 heavy (non-hydrogen) atoms. The summed E-state index contributed by atoms with van der Waals surface area (Å²) in [6.07, 6.45) is 0. The van der Waals surface area contributed by atoms with Crippen molar-refractivity contribution in [1.82, 2.24) is 0 Å². The van der Waals surface area contributed by atoms with Crippen LogP contribution in [0.3, 0.4) is 0 Å². The van der Waals surface area contributed by atoms with Crippen LogP contribution in [0.1, 0.15) is 25.3 Å². The molecule has 0 saturated carbocycles. The van der Waals surface area contributed by atoms with Gasteiger partial charge in [-0.3, -0.25) is 0 Å². The van der Waals surface area contributed by atoms with E-state index in [-0.39, 0.29) is 11.5 Å². The van der Waals surface area contributed by atoms with E-state index >= 15 is 0 Å². The first-order valence-electron chi connectivity index (χ1n) is 5.85. The molecule has 94 valence electrons. The van der Waals surface area contributed by atoms with Gasteiger partial charge < -0.3 is 15.3 Å². The van der Waals surface area contributed by atoms with Crippen molar-refractivity contribution in [3.63, 3.8) is 0 Å². The summed E-state index contributed by atoms with van der Waals surface area (Å²) in [5.41, 5.74) is 2.51. The first-order chi connectivity index (χ1) is 8.50. The Hall–Kier alpha value is -2.16. The summed E-state index contributed by atoms with van der Waals surface area (Å²) in [4.78, 5) is 0. The van der Waals surface area contributed by atoms with E-state index in [4.69, 9.17) is 0 Å². The first kappa shape index (κ1) is 12.3. The summed E-state index contributed by atoms with van der Waals surface area (Å²) in [5.74, 6) is -0.663. The summed E-state index contributed by atoms with van der Waals surface area (Å²) in [5, 5.41) is 28.6. The summed E-state index contributed by atoms with van der Waals surface area (Å²) >= 11 is 0. The maximum atomic E-state index is 9.80. The van der Waals surface area contributed by atoms with Crippen molar-refractivity contribution in [2.45, 2.75) is 19.8 Å². The van der Waals surface area contributed by atoms with Gasteiger partial charge in [-0.25, -0.2) is 0 Å². The summed E-state index contributed by atoms with van der Waals surface area (Å²) < 4.78 is 0.